The molecule has 0 N–H and O–H groups in total. The van der Waals surface area contributed by atoms with Crippen molar-refractivity contribution in [3.63, 3.8) is 0 Å². The van der Waals surface area contributed by atoms with Crippen molar-refractivity contribution in [2.45, 2.75) is 13.3 Å². The normalized spacial score (nSPS) is 9.94. The van der Waals surface area contributed by atoms with Crippen LogP contribution in [0, 0.1) is 6.92 Å². The molecule has 0 heterocycles. The number of hydrogen-bond donors (Lipinski definition) is 0. The molecule has 1 rings (SSSR count). The zero-order valence-corrected chi connectivity index (χ0v) is 10.0. The molecule has 0 aliphatic rings. The Hall–Kier alpha value is -1.35. The van der Waals surface area contributed by atoms with Crippen molar-refractivity contribution in [1.29, 1.82) is 0 Å². The zero-order valence-electron chi connectivity index (χ0n) is 9.25. The van der Waals surface area contributed by atoms with Gasteiger partial charge in [-0.15, -0.1) is 11.6 Å². The first-order valence-electron chi connectivity index (χ1n) is 4.88. The number of ether oxygens (including phenoxy) is 1. The van der Waals surface area contributed by atoms with Crippen LogP contribution >= 0.6 is 11.6 Å². The highest BCUT2D eigenvalue weighted by Crippen LogP contribution is 2.15. The first-order chi connectivity index (χ1) is 7.60. The molecular formula is C12H13ClO3. The monoisotopic (exact) mass is 240 g/mol. The third-order valence-electron chi connectivity index (χ3n) is 2.20. The maximum atomic E-state index is 11.7. The molecule has 0 aromatic heterocycles. The molecule has 0 atom stereocenters. The number of carbonyl (C=O) groups excluding carboxylic acids is 2. The smallest absolute Gasteiger partial charge is 0.338 e. The van der Waals surface area contributed by atoms with Gasteiger partial charge in [0.2, 0.25) is 0 Å². The van der Waals surface area contributed by atoms with E-state index in [0.29, 0.717) is 11.1 Å². The van der Waals surface area contributed by atoms with E-state index in [1.165, 1.54) is 7.11 Å². The van der Waals surface area contributed by atoms with Crippen molar-refractivity contribution in [3.05, 3.63) is 34.9 Å². The van der Waals surface area contributed by atoms with E-state index in [2.05, 4.69) is 4.74 Å². The van der Waals surface area contributed by atoms with Gasteiger partial charge in [0.15, 0.2) is 5.78 Å². The number of alkyl halides is 1. The van der Waals surface area contributed by atoms with Gasteiger partial charge in [0, 0.05) is 17.9 Å². The number of aryl methyl sites for hydroxylation is 1. The molecule has 0 saturated heterocycles. The summed E-state index contributed by atoms with van der Waals surface area (Å²) in [6.07, 6.45) is 0.217. The fourth-order valence-corrected chi connectivity index (χ4v) is 1.57. The summed E-state index contributed by atoms with van der Waals surface area (Å²) in [5.41, 5.74) is 1.60. The van der Waals surface area contributed by atoms with E-state index in [-0.39, 0.29) is 18.1 Å². The van der Waals surface area contributed by atoms with Gasteiger partial charge in [-0.3, -0.25) is 4.79 Å². The second-order valence-corrected chi connectivity index (χ2v) is 3.78. The molecular weight excluding hydrogens is 228 g/mol. The summed E-state index contributed by atoms with van der Waals surface area (Å²) in [6.45, 7) is 1.86. The first-order valence-corrected chi connectivity index (χ1v) is 5.41. The largest absolute Gasteiger partial charge is 0.465 e. The molecule has 3 nitrogen and oxygen atoms in total. The van der Waals surface area contributed by atoms with Gasteiger partial charge >= 0.3 is 5.97 Å². The summed E-state index contributed by atoms with van der Waals surface area (Å²) >= 11 is 5.51. The molecule has 16 heavy (non-hydrogen) atoms. The molecule has 0 aliphatic carbocycles. The lowest BCUT2D eigenvalue weighted by Gasteiger charge is -2.07. The minimum atomic E-state index is -0.502. The molecule has 0 radical (unpaired) electrons. The Balaban J connectivity index is 3.17. The second kappa shape index (κ2) is 5.66. The maximum Gasteiger partial charge on any atom is 0.338 e. The van der Waals surface area contributed by atoms with Gasteiger partial charge in [-0.2, -0.15) is 0 Å². The highest BCUT2D eigenvalue weighted by molar-refractivity contribution is 6.20. The van der Waals surface area contributed by atoms with Crippen molar-refractivity contribution < 1.29 is 14.3 Å². The van der Waals surface area contributed by atoms with Gasteiger partial charge in [-0.1, -0.05) is 11.6 Å². The van der Waals surface area contributed by atoms with E-state index in [1.54, 1.807) is 18.2 Å². The quantitative estimate of drug-likeness (QED) is 0.462. The standard InChI is InChI=1S/C12H13ClO3/c1-8-3-4-9(12(15)16-2)10(7-8)11(14)5-6-13/h3-4,7H,5-6H2,1-2H3. The van der Waals surface area contributed by atoms with Crippen LogP contribution in [0.25, 0.3) is 0 Å². The summed E-state index contributed by atoms with van der Waals surface area (Å²) in [4.78, 5) is 23.2. The van der Waals surface area contributed by atoms with E-state index in [9.17, 15) is 9.59 Å². The Morgan fingerprint density at radius 2 is 2.00 bits per heavy atom. The Bertz CT molecular complexity index is 413. The molecule has 0 spiro atoms. The fourth-order valence-electron chi connectivity index (χ4n) is 1.40. The summed E-state index contributed by atoms with van der Waals surface area (Å²) in [5.74, 6) is -0.398. The Kier molecular flexibility index (Phi) is 4.50. The van der Waals surface area contributed by atoms with Crippen molar-refractivity contribution in [2.75, 3.05) is 13.0 Å². The van der Waals surface area contributed by atoms with Gasteiger partial charge in [-0.25, -0.2) is 4.79 Å². The van der Waals surface area contributed by atoms with Crippen molar-refractivity contribution in [3.8, 4) is 0 Å². The van der Waals surface area contributed by atoms with Crippen LogP contribution in [0.5, 0.6) is 0 Å². The number of ketones is 1. The lowest BCUT2D eigenvalue weighted by molar-refractivity contribution is 0.0597. The van der Waals surface area contributed by atoms with Crippen LogP contribution in [0.15, 0.2) is 18.2 Å². The number of methoxy groups -OCH3 is 1. The average molecular weight is 241 g/mol. The number of esters is 1. The van der Waals surface area contributed by atoms with Crippen molar-refractivity contribution in [1.82, 2.24) is 0 Å². The Labute approximate surface area is 99.4 Å². The van der Waals surface area contributed by atoms with E-state index < -0.39 is 5.97 Å². The van der Waals surface area contributed by atoms with Crippen LogP contribution in [0.3, 0.4) is 0 Å². The molecule has 0 amide bonds. The summed E-state index contributed by atoms with van der Waals surface area (Å²) in [6, 6.07) is 5.05. The number of halogens is 1. The lowest BCUT2D eigenvalue weighted by Crippen LogP contribution is -2.11. The molecule has 1 aromatic rings. The molecule has 0 unspecified atom stereocenters. The second-order valence-electron chi connectivity index (χ2n) is 3.40. The van der Waals surface area contributed by atoms with Crippen LogP contribution in [0.4, 0.5) is 0 Å². The minimum absolute atomic E-state index is 0.140. The molecule has 0 aliphatic heterocycles. The van der Waals surface area contributed by atoms with Gasteiger partial charge in [-0.05, 0) is 19.1 Å². The highest BCUT2D eigenvalue weighted by atomic mass is 35.5. The van der Waals surface area contributed by atoms with Crippen LogP contribution in [-0.2, 0) is 4.74 Å². The van der Waals surface area contributed by atoms with E-state index >= 15 is 0 Å². The third-order valence-corrected chi connectivity index (χ3v) is 2.39. The number of benzene rings is 1. The number of rotatable bonds is 4. The number of carbonyl (C=O) groups is 2. The minimum Gasteiger partial charge on any atom is -0.465 e. The topological polar surface area (TPSA) is 43.4 Å². The fraction of sp³-hybridized carbons (Fsp3) is 0.333. The van der Waals surface area contributed by atoms with Gasteiger partial charge in [0.05, 0.1) is 12.7 Å². The predicted molar refractivity (Wildman–Crippen MR) is 62.2 cm³/mol. The van der Waals surface area contributed by atoms with Crippen molar-refractivity contribution >= 4 is 23.4 Å². The van der Waals surface area contributed by atoms with Crippen LogP contribution in [0.2, 0.25) is 0 Å². The molecule has 0 fully saturated rings. The van der Waals surface area contributed by atoms with Crippen molar-refractivity contribution in [2.24, 2.45) is 0 Å². The van der Waals surface area contributed by atoms with E-state index in [4.69, 9.17) is 11.6 Å². The summed E-state index contributed by atoms with van der Waals surface area (Å²) in [7, 11) is 1.29. The molecule has 0 saturated carbocycles. The molecule has 0 bridgehead atoms. The first kappa shape index (κ1) is 12.7. The summed E-state index contributed by atoms with van der Waals surface area (Å²) < 4.78 is 4.62. The maximum absolute atomic E-state index is 11.7. The molecule has 1 aromatic carbocycles. The third kappa shape index (κ3) is 2.83. The highest BCUT2D eigenvalue weighted by Gasteiger charge is 2.16. The SMILES string of the molecule is COC(=O)c1ccc(C)cc1C(=O)CCCl. The zero-order chi connectivity index (χ0) is 12.1. The average Bonchev–Trinajstić information content (AvgIpc) is 2.28. The molecule has 86 valence electrons. The summed E-state index contributed by atoms with van der Waals surface area (Å²) in [5, 5.41) is 0. The lowest BCUT2D eigenvalue weighted by atomic mass is 9.99. The number of Topliss-reactive ketones (excluding diaryl/α,β-unsaturated/α-hetero) is 1. The molecule has 4 heteroatoms. The predicted octanol–water partition coefficient (Wildman–Crippen LogP) is 2.59. The van der Waals surface area contributed by atoms with Gasteiger partial charge < -0.3 is 4.74 Å². The Morgan fingerprint density at radius 1 is 1.31 bits per heavy atom. The van der Waals surface area contributed by atoms with E-state index in [1.807, 2.05) is 6.92 Å². The number of hydrogen-bond acceptors (Lipinski definition) is 3. The van der Waals surface area contributed by atoms with Gasteiger partial charge in [0.25, 0.3) is 0 Å². The van der Waals surface area contributed by atoms with Crippen LogP contribution < -0.4 is 0 Å². The van der Waals surface area contributed by atoms with Crippen LogP contribution in [0.1, 0.15) is 32.7 Å². The Morgan fingerprint density at radius 3 is 2.56 bits per heavy atom. The van der Waals surface area contributed by atoms with Gasteiger partial charge in [0.1, 0.15) is 0 Å². The van der Waals surface area contributed by atoms with Crippen LogP contribution in [-0.4, -0.2) is 24.7 Å². The van der Waals surface area contributed by atoms with E-state index in [0.717, 1.165) is 5.56 Å².